The Bertz CT molecular complexity index is 1410. The van der Waals surface area contributed by atoms with E-state index in [0.717, 1.165) is 33.8 Å². The predicted octanol–water partition coefficient (Wildman–Crippen LogP) is 5.56. The summed E-state index contributed by atoms with van der Waals surface area (Å²) in [5.74, 6) is 2.56. The van der Waals surface area contributed by atoms with Gasteiger partial charge in [0.05, 0.1) is 31.6 Å². The number of esters is 1. The fourth-order valence-corrected chi connectivity index (χ4v) is 4.09. The van der Waals surface area contributed by atoms with Crippen molar-refractivity contribution in [3.63, 3.8) is 0 Å². The van der Waals surface area contributed by atoms with Gasteiger partial charge in [0.1, 0.15) is 12.0 Å². The molecule has 9 nitrogen and oxygen atoms in total. The Morgan fingerprint density at radius 2 is 1.85 bits per heavy atom. The highest BCUT2D eigenvalue weighted by Gasteiger charge is 2.33. The van der Waals surface area contributed by atoms with Crippen LogP contribution in [0.1, 0.15) is 54.9 Å². The second kappa shape index (κ2) is 12.2. The van der Waals surface area contributed by atoms with Gasteiger partial charge in [0, 0.05) is 18.5 Å². The highest BCUT2D eigenvalue weighted by atomic mass is 16.6. The Hall–Kier alpha value is -4.11. The van der Waals surface area contributed by atoms with Crippen molar-refractivity contribution < 1.29 is 27.8 Å². The van der Waals surface area contributed by atoms with E-state index in [-0.39, 0.29) is 6.61 Å². The Kier molecular flexibility index (Phi) is 8.71. The largest absolute Gasteiger partial charge is 0.493 e. The topological polar surface area (TPSA) is 109 Å². The Balaban J connectivity index is 1.36. The van der Waals surface area contributed by atoms with Gasteiger partial charge >= 0.3 is 5.97 Å². The van der Waals surface area contributed by atoms with Gasteiger partial charge < -0.3 is 28.4 Å². The molecule has 0 amide bonds. The maximum absolute atomic E-state index is 12.3. The smallest absolute Gasteiger partial charge is 0.349 e. The zero-order valence-electron chi connectivity index (χ0n) is 23.3. The van der Waals surface area contributed by atoms with Crippen molar-refractivity contribution in [1.29, 1.82) is 0 Å². The number of carbonyl (C=O) groups is 1. The fraction of sp³-hybridized carbons (Fsp3) is 0.367. The Labute approximate surface area is 228 Å². The molecule has 0 atom stereocenters. The van der Waals surface area contributed by atoms with Crippen LogP contribution in [0.5, 0.6) is 11.5 Å². The first-order valence-corrected chi connectivity index (χ1v) is 12.9. The summed E-state index contributed by atoms with van der Waals surface area (Å²) in [5.41, 5.74) is 3.24. The molecule has 4 aromatic rings. The average Bonchev–Trinajstić information content (AvgIpc) is 3.52. The van der Waals surface area contributed by atoms with E-state index in [9.17, 15) is 4.79 Å². The van der Waals surface area contributed by atoms with Gasteiger partial charge in [-0.25, -0.2) is 14.8 Å². The molecular formula is C30H35N3O6. The number of rotatable bonds is 12. The van der Waals surface area contributed by atoms with Crippen LogP contribution < -0.4 is 14.8 Å². The number of nitrogens with zero attached hydrogens (tertiary/aromatic N) is 2. The molecule has 2 heterocycles. The van der Waals surface area contributed by atoms with Crippen LogP contribution in [0.3, 0.4) is 0 Å². The molecule has 0 aliphatic heterocycles. The van der Waals surface area contributed by atoms with Gasteiger partial charge in [-0.2, -0.15) is 0 Å². The zero-order chi connectivity index (χ0) is 28.0. The first kappa shape index (κ1) is 27.9. The molecule has 9 heteroatoms. The van der Waals surface area contributed by atoms with Crippen LogP contribution in [0, 0.1) is 13.8 Å². The second-order valence-electron chi connectivity index (χ2n) is 9.68. The van der Waals surface area contributed by atoms with Crippen molar-refractivity contribution in [3.8, 4) is 23.0 Å². The molecule has 1 N–H and O–H groups in total. The summed E-state index contributed by atoms with van der Waals surface area (Å²) in [6.45, 7) is 10.2. The first-order valence-electron chi connectivity index (χ1n) is 12.9. The van der Waals surface area contributed by atoms with Gasteiger partial charge in [-0.3, -0.25) is 0 Å². The van der Waals surface area contributed by atoms with Crippen molar-refractivity contribution in [1.82, 2.24) is 15.3 Å². The monoisotopic (exact) mass is 533 g/mol. The zero-order valence-corrected chi connectivity index (χ0v) is 23.3. The molecule has 0 bridgehead atoms. The number of methoxy groups -OCH3 is 1. The first-order chi connectivity index (χ1) is 18.7. The number of carbonyl (C=O) groups excluding carboxylic acids is 1. The highest BCUT2D eigenvalue weighted by molar-refractivity contribution is 5.79. The lowest BCUT2D eigenvalue weighted by molar-refractivity contribution is -0.158. The number of hydrogen-bond donors (Lipinski definition) is 1. The maximum atomic E-state index is 12.3. The van der Waals surface area contributed by atoms with E-state index in [1.165, 1.54) is 0 Å². The highest BCUT2D eigenvalue weighted by Crippen LogP contribution is 2.35. The fourth-order valence-electron chi connectivity index (χ4n) is 4.09. The Morgan fingerprint density at radius 3 is 2.56 bits per heavy atom. The van der Waals surface area contributed by atoms with Crippen LogP contribution in [0.2, 0.25) is 0 Å². The lowest BCUT2D eigenvalue weighted by atomic mass is 10.1. The molecule has 0 spiro atoms. The molecule has 39 heavy (non-hydrogen) atoms. The maximum Gasteiger partial charge on any atom is 0.349 e. The number of benzene rings is 2. The summed E-state index contributed by atoms with van der Waals surface area (Å²) in [6.07, 6.45) is 2.17. The van der Waals surface area contributed by atoms with Gasteiger partial charge in [-0.15, -0.1) is 0 Å². The van der Waals surface area contributed by atoms with Gasteiger partial charge in [0.25, 0.3) is 0 Å². The van der Waals surface area contributed by atoms with Crippen molar-refractivity contribution >= 4 is 5.97 Å². The average molecular weight is 534 g/mol. The lowest BCUT2D eigenvalue weighted by Gasteiger charge is -2.26. The third-order valence-corrected chi connectivity index (χ3v) is 6.11. The van der Waals surface area contributed by atoms with E-state index in [0.29, 0.717) is 42.8 Å². The minimum absolute atomic E-state index is 0.285. The SMILES string of the molecule is CCOC(=O)C(C)(C)Oc1c(C)cc(CNCc2nc(Cc3nc(-c4ccccc4)oc3C)co2)cc1OC. The molecule has 2 aromatic carbocycles. The summed E-state index contributed by atoms with van der Waals surface area (Å²) in [5, 5.41) is 3.35. The van der Waals surface area contributed by atoms with Crippen molar-refractivity contribution in [2.24, 2.45) is 0 Å². The number of aromatic nitrogens is 2. The lowest BCUT2D eigenvalue weighted by Crippen LogP contribution is -2.40. The number of nitrogens with one attached hydrogen (secondary N) is 1. The van der Waals surface area contributed by atoms with E-state index < -0.39 is 11.6 Å². The van der Waals surface area contributed by atoms with Crippen LogP contribution in [0.15, 0.2) is 57.6 Å². The van der Waals surface area contributed by atoms with Gasteiger partial charge in [-0.05, 0) is 63.9 Å². The number of hydrogen-bond acceptors (Lipinski definition) is 9. The van der Waals surface area contributed by atoms with Crippen LogP contribution in [0.25, 0.3) is 11.5 Å². The second-order valence-corrected chi connectivity index (χ2v) is 9.68. The number of oxazole rings is 2. The molecule has 0 saturated carbocycles. The van der Waals surface area contributed by atoms with E-state index in [2.05, 4.69) is 15.3 Å². The molecule has 0 fully saturated rings. The van der Waals surface area contributed by atoms with Crippen LogP contribution >= 0.6 is 0 Å². The van der Waals surface area contributed by atoms with E-state index in [4.69, 9.17) is 23.0 Å². The minimum atomic E-state index is -1.15. The van der Waals surface area contributed by atoms with E-state index >= 15 is 0 Å². The third-order valence-electron chi connectivity index (χ3n) is 6.11. The number of ether oxygens (including phenoxy) is 3. The summed E-state index contributed by atoms with van der Waals surface area (Å²) < 4.78 is 28.3. The molecule has 0 aliphatic carbocycles. The standard InChI is InChI=1S/C30H35N3O6/c1-7-36-29(34)30(4,5)39-27-19(2)13-21(14-25(27)35-6)16-31-17-26-32-23(18-37-26)15-24-20(3)38-28(33-24)22-11-9-8-10-12-22/h8-14,18,31H,7,15-17H2,1-6H3. The van der Waals surface area contributed by atoms with Crippen molar-refractivity contribution in [3.05, 3.63) is 82.9 Å². The molecule has 206 valence electrons. The van der Waals surface area contributed by atoms with E-state index in [1.807, 2.05) is 56.3 Å². The van der Waals surface area contributed by atoms with Crippen LogP contribution in [0.4, 0.5) is 0 Å². The van der Waals surface area contributed by atoms with Gasteiger partial charge in [-0.1, -0.05) is 24.3 Å². The van der Waals surface area contributed by atoms with E-state index in [1.54, 1.807) is 34.1 Å². The minimum Gasteiger partial charge on any atom is -0.493 e. The van der Waals surface area contributed by atoms with Crippen molar-refractivity contribution in [2.75, 3.05) is 13.7 Å². The summed E-state index contributed by atoms with van der Waals surface area (Å²) in [4.78, 5) is 21.5. The van der Waals surface area contributed by atoms with Crippen molar-refractivity contribution in [2.45, 2.75) is 59.7 Å². The molecule has 4 rings (SSSR count). The predicted molar refractivity (Wildman–Crippen MR) is 146 cm³/mol. The molecular weight excluding hydrogens is 498 g/mol. The molecule has 2 aromatic heterocycles. The van der Waals surface area contributed by atoms with Crippen LogP contribution in [-0.4, -0.2) is 35.3 Å². The molecule has 0 aliphatic rings. The van der Waals surface area contributed by atoms with Crippen LogP contribution in [-0.2, 0) is 29.0 Å². The molecule has 0 radical (unpaired) electrons. The van der Waals surface area contributed by atoms with Gasteiger partial charge in [0.2, 0.25) is 11.8 Å². The summed E-state index contributed by atoms with van der Waals surface area (Å²) in [6, 6.07) is 13.7. The summed E-state index contributed by atoms with van der Waals surface area (Å²) in [7, 11) is 1.57. The quantitative estimate of drug-likeness (QED) is 0.234. The summed E-state index contributed by atoms with van der Waals surface area (Å²) >= 11 is 0. The number of aryl methyl sites for hydroxylation is 2. The normalized spacial score (nSPS) is 11.4. The third kappa shape index (κ3) is 6.86. The molecule has 0 saturated heterocycles. The van der Waals surface area contributed by atoms with Gasteiger partial charge in [0.15, 0.2) is 17.1 Å². The Morgan fingerprint density at radius 1 is 1.08 bits per heavy atom. The molecule has 0 unspecified atom stereocenters.